The quantitative estimate of drug-likeness (QED) is 0.159. The molecule has 2 heterocycles. The van der Waals surface area contributed by atoms with Crippen molar-refractivity contribution in [2.24, 2.45) is 0 Å². The second-order valence-electron chi connectivity index (χ2n) is 16.7. The van der Waals surface area contributed by atoms with Crippen LogP contribution >= 0.6 is 0 Å². The summed E-state index contributed by atoms with van der Waals surface area (Å²) in [6.45, 7) is 14.3. The lowest BCUT2D eigenvalue weighted by molar-refractivity contribution is 0.590. The molecule has 0 bridgehead atoms. The summed E-state index contributed by atoms with van der Waals surface area (Å²) in [5.41, 5.74) is 17.9. The van der Waals surface area contributed by atoms with Crippen LogP contribution in [0.1, 0.15) is 26.3 Å². The van der Waals surface area contributed by atoms with E-state index in [1.54, 1.807) is 0 Å². The average Bonchev–Trinajstić information content (AvgIpc) is 3.50. The summed E-state index contributed by atoms with van der Waals surface area (Å²) in [6, 6.07) is 61.2. The fraction of sp³-hybridized carbons (Fsp3) is 0.143. The van der Waals surface area contributed by atoms with Crippen molar-refractivity contribution in [3.8, 4) is 22.3 Å². The van der Waals surface area contributed by atoms with Gasteiger partial charge in [-0.3, -0.25) is 0 Å². The van der Waals surface area contributed by atoms with E-state index in [9.17, 15) is 0 Å². The molecule has 258 valence electrons. The van der Waals surface area contributed by atoms with Gasteiger partial charge in [-0.1, -0.05) is 154 Å². The first-order valence-corrected chi connectivity index (χ1v) is 22.4. The normalized spacial score (nSPS) is 13.0. The van der Waals surface area contributed by atoms with Gasteiger partial charge in [0.05, 0.1) is 8.07 Å². The van der Waals surface area contributed by atoms with E-state index in [2.05, 4.69) is 214 Å². The fourth-order valence-corrected chi connectivity index (χ4v) is 9.54. The van der Waals surface area contributed by atoms with E-state index in [0.29, 0.717) is 0 Å². The Kier molecular flexibility index (Phi) is 7.87. The van der Waals surface area contributed by atoms with Gasteiger partial charge in [-0.15, -0.1) is 0 Å². The molecule has 4 heteroatoms. The van der Waals surface area contributed by atoms with Gasteiger partial charge in [0.1, 0.15) is 0 Å². The Morgan fingerprint density at radius 3 is 1.75 bits per heavy atom. The van der Waals surface area contributed by atoms with Crippen LogP contribution in [-0.4, -0.2) is 14.8 Å². The van der Waals surface area contributed by atoms with Crippen molar-refractivity contribution < 1.29 is 0 Å². The third kappa shape index (κ3) is 5.73. The molecule has 7 aromatic rings. The maximum atomic E-state index is 2.53. The van der Waals surface area contributed by atoms with Crippen LogP contribution in [0.15, 0.2) is 164 Å². The highest BCUT2D eigenvalue weighted by Crippen LogP contribution is 2.43. The third-order valence-corrected chi connectivity index (χ3v) is 13.3. The number of nitrogens with zero attached hydrogens (tertiary/aromatic N) is 2. The summed E-state index contributed by atoms with van der Waals surface area (Å²) in [6.07, 6.45) is 0. The molecule has 2 nitrogen and oxygen atoms in total. The summed E-state index contributed by atoms with van der Waals surface area (Å²) in [5.74, 6) is 0. The van der Waals surface area contributed by atoms with Gasteiger partial charge in [0.25, 0.3) is 0 Å². The number of fused-ring (bicyclic) bond motifs is 5. The first-order valence-electron chi connectivity index (χ1n) is 18.9. The summed E-state index contributed by atoms with van der Waals surface area (Å²) >= 11 is 0. The summed E-state index contributed by atoms with van der Waals surface area (Å²) < 4.78 is 0. The van der Waals surface area contributed by atoms with Gasteiger partial charge >= 0.3 is 0 Å². The minimum Gasteiger partial charge on any atom is -0.311 e. The molecule has 53 heavy (non-hydrogen) atoms. The molecule has 0 radical (unpaired) electrons. The van der Waals surface area contributed by atoms with Crippen LogP contribution in [0, 0.1) is 0 Å². The van der Waals surface area contributed by atoms with Crippen LogP contribution < -0.4 is 31.4 Å². The molecule has 9 rings (SSSR count). The zero-order chi connectivity index (χ0) is 36.5. The summed E-state index contributed by atoms with van der Waals surface area (Å²) in [4.78, 5) is 4.90. The van der Waals surface area contributed by atoms with E-state index in [1.165, 1.54) is 66.5 Å². The molecule has 0 aromatic heterocycles. The smallest absolute Gasteiger partial charge is 0.248 e. The van der Waals surface area contributed by atoms with Crippen LogP contribution in [0.4, 0.5) is 34.1 Å². The van der Waals surface area contributed by atoms with Crippen molar-refractivity contribution in [2.75, 3.05) is 9.80 Å². The lowest BCUT2D eigenvalue weighted by Gasteiger charge is -2.36. The van der Waals surface area contributed by atoms with Crippen molar-refractivity contribution in [3.63, 3.8) is 0 Å². The Labute approximate surface area is 316 Å². The topological polar surface area (TPSA) is 6.48 Å². The highest BCUT2D eigenvalue weighted by Gasteiger charge is 2.42. The van der Waals surface area contributed by atoms with Crippen LogP contribution in [0.5, 0.6) is 0 Å². The number of para-hydroxylation sites is 2. The van der Waals surface area contributed by atoms with Gasteiger partial charge in [0.15, 0.2) is 0 Å². The van der Waals surface area contributed by atoms with Gasteiger partial charge in [-0.25, -0.2) is 0 Å². The molecule has 7 aromatic carbocycles. The van der Waals surface area contributed by atoms with E-state index in [-0.39, 0.29) is 12.1 Å². The minimum absolute atomic E-state index is 0.115. The molecular formula is C49H45BN2Si. The van der Waals surface area contributed by atoms with Crippen LogP contribution in [-0.2, 0) is 5.41 Å². The number of anilines is 6. The predicted octanol–water partition coefficient (Wildman–Crippen LogP) is 10.9. The largest absolute Gasteiger partial charge is 0.311 e. The summed E-state index contributed by atoms with van der Waals surface area (Å²) in [5, 5.41) is 1.48. The van der Waals surface area contributed by atoms with Crippen molar-refractivity contribution in [2.45, 2.75) is 45.8 Å². The van der Waals surface area contributed by atoms with Crippen LogP contribution in [0.3, 0.4) is 0 Å². The number of benzene rings is 7. The van der Waals surface area contributed by atoms with E-state index >= 15 is 0 Å². The average molecular weight is 701 g/mol. The molecule has 0 saturated carbocycles. The molecule has 0 aliphatic carbocycles. The van der Waals surface area contributed by atoms with Gasteiger partial charge in [-0.05, 0) is 105 Å². The van der Waals surface area contributed by atoms with Crippen molar-refractivity contribution in [1.82, 2.24) is 0 Å². The van der Waals surface area contributed by atoms with E-state index < -0.39 is 8.07 Å². The van der Waals surface area contributed by atoms with E-state index in [1.807, 2.05) is 0 Å². The van der Waals surface area contributed by atoms with Crippen LogP contribution in [0.25, 0.3) is 22.3 Å². The zero-order valence-electron chi connectivity index (χ0n) is 31.6. The molecule has 0 amide bonds. The van der Waals surface area contributed by atoms with Gasteiger partial charge in [0.2, 0.25) is 6.71 Å². The molecule has 0 unspecified atom stereocenters. The number of rotatable bonds is 6. The highest BCUT2D eigenvalue weighted by atomic mass is 28.3. The second kappa shape index (κ2) is 12.5. The lowest BCUT2D eigenvalue weighted by Crippen LogP contribution is -2.54. The Morgan fingerprint density at radius 1 is 0.509 bits per heavy atom. The Morgan fingerprint density at radius 2 is 1.13 bits per heavy atom. The van der Waals surface area contributed by atoms with E-state index in [4.69, 9.17) is 0 Å². The van der Waals surface area contributed by atoms with Gasteiger partial charge < -0.3 is 9.80 Å². The molecule has 0 saturated heterocycles. The third-order valence-electron chi connectivity index (χ3n) is 11.2. The molecule has 0 atom stereocenters. The van der Waals surface area contributed by atoms with E-state index in [0.717, 1.165) is 17.1 Å². The first-order chi connectivity index (χ1) is 25.6. The Bertz CT molecular complexity index is 2420. The maximum absolute atomic E-state index is 2.53. The minimum atomic E-state index is -1.46. The van der Waals surface area contributed by atoms with Gasteiger partial charge in [-0.2, -0.15) is 0 Å². The van der Waals surface area contributed by atoms with Crippen LogP contribution in [0.2, 0.25) is 19.6 Å². The molecule has 0 N–H and O–H groups in total. The predicted molar refractivity (Wildman–Crippen MR) is 233 cm³/mol. The molecule has 0 fully saturated rings. The zero-order valence-corrected chi connectivity index (χ0v) is 32.6. The number of hydrogen-bond donors (Lipinski definition) is 0. The Hall–Kier alpha value is -5.58. The Balaban J connectivity index is 1.23. The van der Waals surface area contributed by atoms with Gasteiger partial charge in [0, 0.05) is 34.1 Å². The first kappa shape index (κ1) is 33.3. The summed E-state index contributed by atoms with van der Waals surface area (Å²) in [7, 11) is -1.46. The number of hydrogen-bond acceptors (Lipinski definition) is 2. The van der Waals surface area contributed by atoms with Crippen molar-refractivity contribution in [1.29, 1.82) is 0 Å². The monoisotopic (exact) mass is 700 g/mol. The maximum Gasteiger partial charge on any atom is 0.248 e. The molecule has 2 aliphatic rings. The molecular weight excluding hydrogens is 655 g/mol. The second-order valence-corrected chi connectivity index (χ2v) is 21.8. The van der Waals surface area contributed by atoms with Crippen molar-refractivity contribution in [3.05, 3.63) is 169 Å². The fourth-order valence-electron chi connectivity index (χ4n) is 8.38. The van der Waals surface area contributed by atoms with Crippen molar-refractivity contribution >= 4 is 70.5 Å². The molecule has 2 aliphatic heterocycles. The lowest BCUT2D eigenvalue weighted by atomic mass is 9.37. The standard InChI is InChI=1S/C49H45BN2Si/c1-49(2,3)36-23-20-34(21-24-36)35-22-30-45-47(32-35)52(39-25-28-41(29-26-39)53(4,5)6)46-19-13-18-42-43-33-40(27-31-44(43)50(45)48(42)46)51(37-14-9-7-10-15-37)38-16-11-8-12-17-38/h7-33H,1-6H3. The highest BCUT2D eigenvalue weighted by molar-refractivity contribution is 7.01. The molecule has 0 spiro atoms. The SMILES string of the molecule is CC(C)(C)c1ccc(-c2ccc3c(c2)N(c2ccc([Si](C)(C)C)cc2)c2cccc4c2B3c2ccc(N(c3ccccc3)c3ccccc3)cc2-4)cc1.